The molecule has 0 atom stereocenters. The molecule has 0 amide bonds. The van der Waals surface area contributed by atoms with E-state index >= 15 is 0 Å². The Labute approximate surface area is 90.6 Å². The summed E-state index contributed by atoms with van der Waals surface area (Å²) in [5.74, 6) is 0. The molecule has 88 valence electrons. The lowest BCUT2D eigenvalue weighted by Crippen LogP contribution is -2.34. The number of alkyl halides is 3. The fraction of sp³-hybridized carbons (Fsp3) is 0.333. The molecular weight excluding hydrogens is 224 g/mol. The minimum atomic E-state index is -4.50. The molecule has 2 N–H and O–H groups in total. The second-order valence-electron chi connectivity index (χ2n) is 3.22. The second kappa shape index (κ2) is 4.86. The van der Waals surface area contributed by atoms with E-state index in [0.29, 0.717) is 11.6 Å². The van der Waals surface area contributed by atoms with Crippen molar-refractivity contribution in [2.75, 3.05) is 7.11 Å². The molecular formula is C9H10BF3O3. The van der Waals surface area contributed by atoms with Gasteiger partial charge in [0.05, 0.1) is 12.2 Å². The standard InChI is InChI=1S/C9H10BF3O3/c1-16-5-6-2-3-7(9(11,12)13)4-8(6)10(14)15/h2-4,14-15H,5H2,1H3. The lowest BCUT2D eigenvalue weighted by Gasteiger charge is -2.12. The quantitative estimate of drug-likeness (QED) is 0.750. The summed E-state index contributed by atoms with van der Waals surface area (Å²) in [7, 11) is -0.585. The maximum absolute atomic E-state index is 12.4. The molecule has 3 nitrogen and oxygen atoms in total. The SMILES string of the molecule is COCc1ccc(C(F)(F)F)cc1B(O)O. The van der Waals surface area contributed by atoms with E-state index in [2.05, 4.69) is 0 Å². The third kappa shape index (κ3) is 2.97. The number of rotatable bonds is 3. The van der Waals surface area contributed by atoms with Crippen LogP contribution < -0.4 is 5.46 Å². The lowest BCUT2D eigenvalue weighted by atomic mass is 9.76. The van der Waals surface area contributed by atoms with Crippen molar-refractivity contribution in [3.05, 3.63) is 29.3 Å². The van der Waals surface area contributed by atoms with Gasteiger partial charge in [-0.05, 0) is 23.2 Å². The van der Waals surface area contributed by atoms with Crippen molar-refractivity contribution in [2.45, 2.75) is 12.8 Å². The summed E-state index contributed by atoms with van der Waals surface area (Å²) in [6.07, 6.45) is -4.50. The van der Waals surface area contributed by atoms with Gasteiger partial charge in [-0.15, -0.1) is 0 Å². The van der Waals surface area contributed by atoms with E-state index in [0.717, 1.165) is 6.07 Å². The Bertz CT molecular complexity index is 366. The summed E-state index contributed by atoms with van der Waals surface area (Å²) < 4.78 is 41.8. The van der Waals surface area contributed by atoms with E-state index < -0.39 is 18.9 Å². The van der Waals surface area contributed by atoms with Crippen LogP contribution in [0, 0.1) is 0 Å². The summed E-state index contributed by atoms with van der Waals surface area (Å²) in [5, 5.41) is 17.9. The first-order valence-electron chi connectivity index (χ1n) is 4.41. The predicted octanol–water partition coefficient (Wildman–Crippen LogP) is 0.532. The number of hydrogen-bond acceptors (Lipinski definition) is 3. The van der Waals surface area contributed by atoms with Crippen molar-refractivity contribution in [3.8, 4) is 0 Å². The fourth-order valence-corrected chi connectivity index (χ4v) is 1.30. The Morgan fingerprint density at radius 2 is 1.94 bits per heavy atom. The van der Waals surface area contributed by atoms with E-state index in [-0.39, 0.29) is 12.1 Å². The first-order valence-corrected chi connectivity index (χ1v) is 4.41. The van der Waals surface area contributed by atoms with Crippen molar-refractivity contribution in [1.82, 2.24) is 0 Å². The zero-order valence-corrected chi connectivity index (χ0v) is 8.45. The van der Waals surface area contributed by atoms with Gasteiger partial charge in [-0.2, -0.15) is 13.2 Å². The Kier molecular flexibility index (Phi) is 3.95. The number of ether oxygens (including phenoxy) is 1. The third-order valence-electron chi connectivity index (χ3n) is 2.05. The molecule has 0 heterocycles. The Morgan fingerprint density at radius 1 is 1.31 bits per heavy atom. The molecule has 0 radical (unpaired) electrons. The zero-order valence-electron chi connectivity index (χ0n) is 8.45. The minimum absolute atomic E-state index is 0.0189. The largest absolute Gasteiger partial charge is 0.488 e. The molecule has 0 saturated carbocycles. The van der Waals surface area contributed by atoms with Crippen molar-refractivity contribution in [1.29, 1.82) is 0 Å². The van der Waals surface area contributed by atoms with E-state index in [1.165, 1.54) is 13.2 Å². The summed E-state index contributed by atoms with van der Waals surface area (Å²) in [6.45, 7) is 0.0189. The Balaban J connectivity index is 3.17. The molecule has 0 fully saturated rings. The summed E-state index contributed by atoms with van der Waals surface area (Å²) in [6, 6.07) is 2.75. The molecule has 0 bridgehead atoms. The Hall–Kier alpha value is -1.05. The highest BCUT2D eigenvalue weighted by molar-refractivity contribution is 6.59. The zero-order chi connectivity index (χ0) is 12.3. The number of halogens is 3. The highest BCUT2D eigenvalue weighted by Gasteiger charge is 2.32. The van der Waals surface area contributed by atoms with E-state index in [1.54, 1.807) is 0 Å². The van der Waals surface area contributed by atoms with Crippen molar-refractivity contribution in [2.24, 2.45) is 0 Å². The van der Waals surface area contributed by atoms with Crippen LogP contribution in [0.15, 0.2) is 18.2 Å². The van der Waals surface area contributed by atoms with Gasteiger partial charge >= 0.3 is 13.3 Å². The monoisotopic (exact) mass is 234 g/mol. The van der Waals surface area contributed by atoms with Crippen LogP contribution in [0.2, 0.25) is 0 Å². The Morgan fingerprint density at radius 3 is 2.38 bits per heavy atom. The smallest absolute Gasteiger partial charge is 0.423 e. The van der Waals surface area contributed by atoms with Crippen LogP contribution in [0.5, 0.6) is 0 Å². The van der Waals surface area contributed by atoms with Gasteiger partial charge in [-0.1, -0.05) is 6.07 Å². The molecule has 16 heavy (non-hydrogen) atoms. The summed E-state index contributed by atoms with van der Waals surface area (Å²) in [4.78, 5) is 0. The van der Waals surface area contributed by atoms with Crippen LogP contribution in [-0.2, 0) is 17.5 Å². The number of benzene rings is 1. The van der Waals surface area contributed by atoms with Gasteiger partial charge in [-0.25, -0.2) is 0 Å². The van der Waals surface area contributed by atoms with Crippen LogP contribution in [0.4, 0.5) is 13.2 Å². The molecule has 0 spiro atoms. The minimum Gasteiger partial charge on any atom is -0.423 e. The highest BCUT2D eigenvalue weighted by Crippen LogP contribution is 2.28. The van der Waals surface area contributed by atoms with Crippen LogP contribution in [0.1, 0.15) is 11.1 Å². The molecule has 1 aromatic rings. The van der Waals surface area contributed by atoms with Gasteiger partial charge < -0.3 is 14.8 Å². The van der Waals surface area contributed by atoms with Gasteiger partial charge in [0.1, 0.15) is 0 Å². The average molecular weight is 234 g/mol. The molecule has 1 rings (SSSR count). The average Bonchev–Trinajstić information content (AvgIpc) is 2.16. The third-order valence-corrected chi connectivity index (χ3v) is 2.05. The van der Waals surface area contributed by atoms with E-state index in [4.69, 9.17) is 14.8 Å². The van der Waals surface area contributed by atoms with Crippen molar-refractivity contribution < 1.29 is 28.0 Å². The topological polar surface area (TPSA) is 49.7 Å². The predicted molar refractivity (Wildman–Crippen MR) is 52.0 cm³/mol. The van der Waals surface area contributed by atoms with Gasteiger partial charge in [0.2, 0.25) is 0 Å². The van der Waals surface area contributed by atoms with Crippen LogP contribution in [0.3, 0.4) is 0 Å². The number of hydrogen-bond donors (Lipinski definition) is 2. The maximum Gasteiger partial charge on any atom is 0.488 e. The molecule has 0 unspecified atom stereocenters. The first-order chi connectivity index (χ1) is 7.36. The fourth-order valence-electron chi connectivity index (χ4n) is 1.30. The van der Waals surface area contributed by atoms with Gasteiger partial charge in [0.15, 0.2) is 0 Å². The molecule has 0 saturated heterocycles. The van der Waals surface area contributed by atoms with Gasteiger partial charge in [-0.3, -0.25) is 0 Å². The van der Waals surface area contributed by atoms with E-state index in [9.17, 15) is 13.2 Å². The van der Waals surface area contributed by atoms with Crippen molar-refractivity contribution in [3.63, 3.8) is 0 Å². The summed E-state index contributed by atoms with van der Waals surface area (Å²) >= 11 is 0. The first kappa shape index (κ1) is 13.0. The van der Waals surface area contributed by atoms with Gasteiger partial charge in [0, 0.05) is 7.11 Å². The highest BCUT2D eigenvalue weighted by atomic mass is 19.4. The number of methoxy groups -OCH3 is 1. The van der Waals surface area contributed by atoms with Crippen LogP contribution >= 0.6 is 0 Å². The molecule has 0 aliphatic rings. The second-order valence-corrected chi connectivity index (χ2v) is 3.22. The molecule has 1 aromatic carbocycles. The molecule has 0 aliphatic carbocycles. The molecule has 7 heteroatoms. The molecule has 0 aliphatic heterocycles. The van der Waals surface area contributed by atoms with Gasteiger partial charge in [0.25, 0.3) is 0 Å². The molecule has 0 aromatic heterocycles. The lowest BCUT2D eigenvalue weighted by molar-refractivity contribution is -0.137. The normalized spacial score (nSPS) is 11.6. The van der Waals surface area contributed by atoms with Crippen LogP contribution in [0.25, 0.3) is 0 Å². The van der Waals surface area contributed by atoms with Crippen LogP contribution in [-0.4, -0.2) is 24.3 Å². The summed E-state index contributed by atoms with van der Waals surface area (Å²) in [5.41, 5.74) is -0.808. The van der Waals surface area contributed by atoms with Crippen molar-refractivity contribution >= 4 is 12.6 Å². The van der Waals surface area contributed by atoms with E-state index in [1.807, 2.05) is 0 Å². The maximum atomic E-state index is 12.4.